The molecule has 0 bridgehead atoms. The van der Waals surface area contributed by atoms with E-state index in [9.17, 15) is 4.79 Å². The van der Waals surface area contributed by atoms with E-state index < -0.39 is 0 Å². The van der Waals surface area contributed by atoms with Crippen LogP contribution in [-0.2, 0) is 13.6 Å². The van der Waals surface area contributed by atoms with Gasteiger partial charge in [-0.25, -0.2) is 0 Å². The topological polar surface area (TPSA) is 61.7 Å². The van der Waals surface area contributed by atoms with Gasteiger partial charge in [0.15, 0.2) is 5.96 Å². The Balaban J connectivity index is 0.00000364. The van der Waals surface area contributed by atoms with Crippen LogP contribution in [0.2, 0.25) is 0 Å². The number of nitrogens with zero attached hydrogens (tertiary/aromatic N) is 3. The van der Waals surface area contributed by atoms with Crippen molar-refractivity contribution >= 4 is 63.1 Å². The predicted octanol–water partition coefficient (Wildman–Crippen LogP) is 3.68. The maximum Gasteiger partial charge on any atom is 0.261 e. The number of aryl methyl sites for hydroxylation is 1. The van der Waals surface area contributed by atoms with Gasteiger partial charge in [-0.15, -0.1) is 35.3 Å². The fourth-order valence-corrected chi connectivity index (χ4v) is 3.68. The molecule has 2 rings (SSSR count). The number of halogens is 2. The van der Waals surface area contributed by atoms with Crippen molar-refractivity contribution in [3.8, 4) is 0 Å². The Labute approximate surface area is 190 Å². The van der Waals surface area contributed by atoms with Crippen molar-refractivity contribution in [1.29, 1.82) is 0 Å². The van der Waals surface area contributed by atoms with Crippen LogP contribution in [0, 0.1) is 0 Å². The van der Waals surface area contributed by atoms with Gasteiger partial charge >= 0.3 is 0 Å². The number of amides is 1. The van der Waals surface area contributed by atoms with Gasteiger partial charge in [0.25, 0.3) is 5.91 Å². The summed E-state index contributed by atoms with van der Waals surface area (Å²) in [4.78, 5) is 19.4. The highest BCUT2D eigenvalue weighted by molar-refractivity contribution is 14.0. The lowest BCUT2D eigenvalue weighted by Crippen LogP contribution is -2.39. The molecule has 0 fully saturated rings. The molecule has 27 heavy (non-hydrogen) atoms. The lowest BCUT2D eigenvalue weighted by atomic mass is 10.4. The molecule has 0 radical (unpaired) electrons. The number of carbonyl (C=O) groups is 1. The van der Waals surface area contributed by atoms with E-state index >= 15 is 0 Å². The smallest absolute Gasteiger partial charge is 0.261 e. The third-order valence-corrected chi connectivity index (χ3v) is 5.10. The summed E-state index contributed by atoms with van der Waals surface area (Å²) < 4.78 is 3.18. The van der Waals surface area contributed by atoms with Gasteiger partial charge in [0.05, 0.1) is 11.4 Å². The first-order valence-electron chi connectivity index (χ1n) is 8.63. The van der Waals surface area contributed by atoms with Gasteiger partial charge in [0, 0.05) is 50.1 Å². The summed E-state index contributed by atoms with van der Waals surface area (Å²) in [5, 5.41) is 8.16. The van der Waals surface area contributed by atoms with Crippen molar-refractivity contribution in [2.45, 2.75) is 19.9 Å². The first-order valence-corrected chi connectivity index (χ1v) is 10.3. The molecule has 0 aromatic carbocycles. The van der Waals surface area contributed by atoms with Crippen molar-refractivity contribution in [3.05, 3.63) is 44.8 Å². The second kappa shape index (κ2) is 12.4. The van der Waals surface area contributed by atoms with E-state index in [0.717, 1.165) is 34.8 Å². The van der Waals surface area contributed by atoms with E-state index in [1.807, 2.05) is 37.8 Å². The van der Waals surface area contributed by atoms with Crippen molar-refractivity contribution in [2.24, 2.45) is 12.0 Å². The molecule has 0 atom stereocenters. The van der Waals surface area contributed by atoms with Crippen molar-refractivity contribution in [1.82, 2.24) is 20.1 Å². The fraction of sp³-hybridized carbons (Fsp3) is 0.444. The minimum absolute atomic E-state index is 0. The Bertz CT molecular complexity index is 732. The van der Waals surface area contributed by atoms with E-state index in [1.54, 1.807) is 0 Å². The molecule has 0 aliphatic carbocycles. The first-order chi connectivity index (χ1) is 12.5. The highest BCUT2D eigenvalue weighted by atomic mass is 127. The third kappa shape index (κ3) is 7.82. The van der Waals surface area contributed by atoms with Crippen LogP contribution in [0.5, 0.6) is 0 Å². The Morgan fingerprint density at radius 1 is 1.41 bits per heavy atom. The summed E-state index contributed by atoms with van der Waals surface area (Å²) in [6.07, 6.45) is 2.85. The quantitative estimate of drug-likeness (QED) is 0.221. The Morgan fingerprint density at radius 2 is 2.19 bits per heavy atom. The minimum atomic E-state index is -0.0118. The normalized spacial score (nSPS) is 11.0. The van der Waals surface area contributed by atoms with E-state index in [2.05, 4.69) is 54.0 Å². The highest BCUT2D eigenvalue weighted by Crippen LogP contribution is 2.15. The predicted molar refractivity (Wildman–Crippen MR) is 127 cm³/mol. The average molecular weight is 568 g/mol. The van der Waals surface area contributed by atoms with Crippen LogP contribution in [0.3, 0.4) is 0 Å². The van der Waals surface area contributed by atoms with Crippen LogP contribution in [0.15, 0.2) is 39.2 Å². The summed E-state index contributed by atoms with van der Waals surface area (Å²) in [5.74, 6) is 0.858. The van der Waals surface area contributed by atoms with Gasteiger partial charge < -0.3 is 20.1 Å². The number of aliphatic imine (C=N–C) groups is 1. The van der Waals surface area contributed by atoms with Gasteiger partial charge in [-0.05, 0) is 46.8 Å². The molecular weight excluding hydrogens is 541 g/mol. The van der Waals surface area contributed by atoms with Gasteiger partial charge in [0.1, 0.15) is 0 Å². The molecule has 2 aromatic heterocycles. The van der Waals surface area contributed by atoms with E-state index in [1.165, 1.54) is 17.0 Å². The maximum absolute atomic E-state index is 11.9. The molecule has 9 heteroatoms. The number of rotatable bonds is 8. The van der Waals surface area contributed by atoms with Gasteiger partial charge in [-0.2, -0.15) is 0 Å². The second-order valence-corrected chi connectivity index (χ2v) is 7.80. The zero-order valence-corrected chi connectivity index (χ0v) is 20.6. The molecule has 2 aromatic rings. The SMILES string of the molecule is CCNC(=NCCCNC(=O)c1cccs1)N(C)Cc1cc(Br)cn1C.I. The van der Waals surface area contributed by atoms with Gasteiger partial charge in [0.2, 0.25) is 0 Å². The number of carbonyl (C=O) groups excluding carboxylic acids is 1. The average Bonchev–Trinajstić information content (AvgIpc) is 3.23. The Kier molecular flexibility index (Phi) is 11.0. The van der Waals surface area contributed by atoms with E-state index in [4.69, 9.17) is 0 Å². The van der Waals surface area contributed by atoms with Crippen LogP contribution in [0.25, 0.3) is 0 Å². The van der Waals surface area contributed by atoms with E-state index in [0.29, 0.717) is 13.1 Å². The Hall–Kier alpha value is -1.07. The van der Waals surface area contributed by atoms with Crippen LogP contribution < -0.4 is 10.6 Å². The van der Waals surface area contributed by atoms with Crippen molar-refractivity contribution in [3.63, 3.8) is 0 Å². The summed E-state index contributed by atoms with van der Waals surface area (Å²) >= 11 is 4.96. The standard InChI is InChI=1S/C18H26BrN5OS.HI/c1-4-20-18(24(3)13-15-11-14(19)12-23(15)2)22-9-6-8-21-17(25)16-7-5-10-26-16;/h5,7,10-12H,4,6,8-9,13H2,1-3H3,(H,20,22)(H,21,25);1H. The molecule has 0 aliphatic rings. The van der Waals surface area contributed by atoms with Crippen molar-refractivity contribution in [2.75, 3.05) is 26.7 Å². The number of thiophene rings is 1. The molecule has 0 unspecified atom stereocenters. The van der Waals surface area contributed by atoms with Crippen LogP contribution in [0.4, 0.5) is 0 Å². The molecule has 0 saturated heterocycles. The number of guanidine groups is 1. The summed E-state index contributed by atoms with van der Waals surface area (Å²) in [6, 6.07) is 5.83. The molecule has 2 N–H and O–H groups in total. The zero-order chi connectivity index (χ0) is 18.9. The number of nitrogens with one attached hydrogen (secondary N) is 2. The first kappa shape index (κ1) is 24.0. The highest BCUT2D eigenvalue weighted by Gasteiger charge is 2.09. The lowest BCUT2D eigenvalue weighted by Gasteiger charge is -2.22. The largest absolute Gasteiger partial charge is 0.357 e. The Morgan fingerprint density at radius 3 is 2.78 bits per heavy atom. The third-order valence-electron chi connectivity index (χ3n) is 3.80. The summed E-state index contributed by atoms with van der Waals surface area (Å²) in [7, 11) is 4.06. The molecule has 0 spiro atoms. The number of aromatic nitrogens is 1. The number of hydrogen-bond acceptors (Lipinski definition) is 3. The molecule has 2 heterocycles. The maximum atomic E-state index is 11.9. The minimum Gasteiger partial charge on any atom is -0.357 e. The van der Waals surface area contributed by atoms with Gasteiger partial charge in [-0.1, -0.05) is 6.07 Å². The van der Waals surface area contributed by atoms with Gasteiger partial charge in [-0.3, -0.25) is 9.79 Å². The second-order valence-electron chi connectivity index (χ2n) is 5.94. The molecule has 0 aliphatic heterocycles. The van der Waals surface area contributed by atoms with Crippen LogP contribution >= 0.6 is 51.2 Å². The summed E-state index contributed by atoms with van der Waals surface area (Å²) in [6.45, 7) is 4.92. The molecule has 0 saturated carbocycles. The summed E-state index contributed by atoms with van der Waals surface area (Å²) in [5.41, 5.74) is 1.20. The molecular formula is C18H27BrIN5OS. The van der Waals surface area contributed by atoms with Crippen molar-refractivity contribution < 1.29 is 4.79 Å². The molecule has 6 nitrogen and oxygen atoms in total. The van der Waals surface area contributed by atoms with Crippen LogP contribution in [0.1, 0.15) is 28.7 Å². The molecule has 150 valence electrons. The lowest BCUT2D eigenvalue weighted by molar-refractivity contribution is 0.0957. The fourth-order valence-electron chi connectivity index (χ4n) is 2.47. The van der Waals surface area contributed by atoms with Crippen LogP contribution in [-0.4, -0.2) is 48.0 Å². The zero-order valence-electron chi connectivity index (χ0n) is 15.9. The number of hydrogen-bond donors (Lipinski definition) is 2. The van der Waals surface area contributed by atoms with E-state index in [-0.39, 0.29) is 29.9 Å². The molecule has 1 amide bonds. The monoisotopic (exact) mass is 567 g/mol.